The Bertz CT molecular complexity index is 2120. The molecule has 2 aliphatic heterocycles. The molecule has 7 rings (SSSR count). The van der Waals surface area contributed by atoms with Crippen molar-refractivity contribution >= 4 is 29.3 Å². The van der Waals surface area contributed by atoms with Crippen molar-refractivity contribution in [1.82, 2.24) is 35.2 Å². The summed E-state index contributed by atoms with van der Waals surface area (Å²) in [4.78, 5) is 60.8. The fourth-order valence-corrected chi connectivity index (χ4v) is 6.22. The first-order valence-corrected chi connectivity index (χ1v) is 16.9. The first-order chi connectivity index (χ1) is 25.2. The van der Waals surface area contributed by atoms with E-state index in [1.807, 2.05) is 24.3 Å². The summed E-state index contributed by atoms with van der Waals surface area (Å²) in [6, 6.07) is 21.9. The third-order valence-electron chi connectivity index (χ3n) is 9.20. The molecule has 1 atom stereocenters. The van der Waals surface area contributed by atoms with Gasteiger partial charge in [-0.05, 0) is 72.5 Å². The van der Waals surface area contributed by atoms with Crippen LogP contribution in [0.15, 0.2) is 91.4 Å². The third-order valence-corrected chi connectivity index (χ3v) is 9.20. The highest BCUT2D eigenvalue weighted by Gasteiger charge is 2.44. The Labute approximate surface area is 299 Å². The number of anilines is 1. The summed E-state index contributed by atoms with van der Waals surface area (Å²) in [6.45, 7) is 5.67. The molecular weight excluding hydrogens is 664 g/mol. The van der Waals surface area contributed by atoms with Gasteiger partial charge in [0.15, 0.2) is 0 Å². The number of piperidine rings is 1. The van der Waals surface area contributed by atoms with Crippen LogP contribution in [0, 0.1) is 0 Å². The van der Waals surface area contributed by atoms with Crippen molar-refractivity contribution in [1.29, 1.82) is 0 Å². The maximum Gasteiger partial charge on any atom is 0.269 e. The van der Waals surface area contributed by atoms with Crippen LogP contribution >= 0.6 is 0 Å². The minimum absolute atomic E-state index is 0.0773. The maximum absolute atomic E-state index is 13.1. The number of nitrogens with one attached hydrogen (secondary N) is 2. The molecule has 5 aromatic rings. The van der Waals surface area contributed by atoms with Gasteiger partial charge in [0, 0.05) is 30.3 Å². The average molecular weight is 701 g/mol. The standard InChI is InChI=1S/C38H36N8O6/c1-38(2,25-6-11-29(12-7-25)52-23-27-16-18-40-37(43-27)46-41-19-20-42-46)24-4-9-28(10-5-24)51-21-3-17-39-26-8-13-30-31(22-26)36(50)45(35(30)49)32-14-15-33(47)44-34(32)48/h4-13,16,18-20,22,32,39H,3,14-15,17,21,23H2,1-2H3,(H,44,47,48). The number of imide groups is 2. The number of hydrogen-bond donors (Lipinski definition) is 2. The topological polar surface area (TPSA) is 171 Å². The molecule has 2 aromatic heterocycles. The lowest BCUT2D eigenvalue weighted by Crippen LogP contribution is -2.54. The normalized spacial score (nSPS) is 15.7. The number of hydrogen-bond acceptors (Lipinski definition) is 11. The monoisotopic (exact) mass is 700 g/mol. The molecule has 52 heavy (non-hydrogen) atoms. The molecule has 1 saturated heterocycles. The van der Waals surface area contributed by atoms with Gasteiger partial charge in [-0.1, -0.05) is 38.1 Å². The highest BCUT2D eigenvalue weighted by atomic mass is 16.5. The molecule has 0 spiro atoms. The second-order valence-electron chi connectivity index (χ2n) is 13.0. The van der Waals surface area contributed by atoms with Crippen molar-refractivity contribution in [2.24, 2.45) is 0 Å². The zero-order valence-electron chi connectivity index (χ0n) is 28.6. The van der Waals surface area contributed by atoms with Crippen LogP contribution in [0.3, 0.4) is 0 Å². The van der Waals surface area contributed by atoms with Gasteiger partial charge in [0.1, 0.15) is 24.1 Å². The Morgan fingerprint density at radius 2 is 1.50 bits per heavy atom. The molecule has 264 valence electrons. The number of fused-ring (bicyclic) bond motifs is 1. The van der Waals surface area contributed by atoms with Crippen LogP contribution in [0.4, 0.5) is 5.69 Å². The quantitative estimate of drug-likeness (QED) is 0.133. The molecule has 4 heterocycles. The molecule has 14 nitrogen and oxygen atoms in total. The van der Waals surface area contributed by atoms with Crippen molar-refractivity contribution in [3.05, 3.63) is 119 Å². The number of benzene rings is 3. The van der Waals surface area contributed by atoms with Crippen LogP contribution in [0.1, 0.15) is 70.6 Å². The SMILES string of the molecule is CC(C)(c1ccc(OCCCNc2ccc3c(c2)C(=O)N(C2CCC(=O)NC2=O)C3=O)cc1)c1ccc(OCc2ccnc(-n3nccn3)n2)cc1. The number of aromatic nitrogens is 5. The molecule has 4 amide bonds. The van der Waals surface area contributed by atoms with Crippen molar-refractivity contribution in [3.8, 4) is 17.4 Å². The summed E-state index contributed by atoms with van der Waals surface area (Å²) in [5, 5.41) is 13.6. The third kappa shape index (κ3) is 7.08. The van der Waals surface area contributed by atoms with Crippen LogP contribution in [0.25, 0.3) is 5.95 Å². The number of amides is 4. The fourth-order valence-electron chi connectivity index (χ4n) is 6.22. The molecule has 0 bridgehead atoms. The predicted molar refractivity (Wildman–Crippen MR) is 188 cm³/mol. The van der Waals surface area contributed by atoms with E-state index in [2.05, 4.69) is 68.9 Å². The van der Waals surface area contributed by atoms with Crippen LogP contribution in [-0.4, -0.2) is 72.7 Å². The molecule has 1 fully saturated rings. The van der Waals surface area contributed by atoms with Gasteiger partial charge in [-0.2, -0.15) is 10.2 Å². The Balaban J connectivity index is 0.871. The Kier molecular flexibility index (Phi) is 9.44. The van der Waals surface area contributed by atoms with Crippen molar-refractivity contribution in [2.75, 3.05) is 18.5 Å². The zero-order valence-corrected chi connectivity index (χ0v) is 28.6. The minimum atomic E-state index is -0.991. The van der Waals surface area contributed by atoms with Gasteiger partial charge in [-0.15, -0.1) is 4.80 Å². The second kappa shape index (κ2) is 14.4. The fraction of sp³-hybridized carbons (Fsp3) is 0.263. The smallest absolute Gasteiger partial charge is 0.269 e. The Morgan fingerprint density at radius 3 is 2.19 bits per heavy atom. The van der Waals surface area contributed by atoms with Crippen molar-refractivity contribution < 1.29 is 28.7 Å². The van der Waals surface area contributed by atoms with E-state index in [1.54, 1.807) is 42.9 Å². The summed E-state index contributed by atoms with van der Waals surface area (Å²) in [7, 11) is 0. The van der Waals surface area contributed by atoms with E-state index in [0.717, 1.165) is 27.5 Å². The van der Waals surface area contributed by atoms with E-state index >= 15 is 0 Å². The van der Waals surface area contributed by atoms with Gasteiger partial charge in [0.25, 0.3) is 17.8 Å². The van der Waals surface area contributed by atoms with E-state index < -0.39 is 29.7 Å². The highest BCUT2D eigenvalue weighted by Crippen LogP contribution is 2.34. The van der Waals surface area contributed by atoms with Crippen LogP contribution in [0.5, 0.6) is 11.5 Å². The average Bonchev–Trinajstić information content (AvgIpc) is 3.78. The van der Waals surface area contributed by atoms with Gasteiger partial charge < -0.3 is 14.8 Å². The zero-order chi connectivity index (χ0) is 36.2. The molecule has 2 aliphatic rings. The largest absolute Gasteiger partial charge is 0.494 e. The molecule has 0 saturated carbocycles. The van der Waals surface area contributed by atoms with E-state index in [4.69, 9.17) is 9.47 Å². The first kappa shape index (κ1) is 34.0. The lowest BCUT2D eigenvalue weighted by Gasteiger charge is -2.27. The van der Waals surface area contributed by atoms with Crippen LogP contribution in [0.2, 0.25) is 0 Å². The predicted octanol–water partition coefficient (Wildman–Crippen LogP) is 4.24. The van der Waals surface area contributed by atoms with Gasteiger partial charge in [0.05, 0.1) is 35.8 Å². The summed E-state index contributed by atoms with van der Waals surface area (Å²) in [5.74, 6) is -0.228. The molecular formula is C38H36N8O6. The summed E-state index contributed by atoms with van der Waals surface area (Å²) < 4.78 is 12.0. The molecule has 1 unspecified atom stereocenters. The summed E-state index contributed by atoms with van der Waals surface area (Å²) >= 11 is 0. The Morgan fingerprint density at radius 1 is 0.827 bits per heavy atom. The van der Waals surface area contributed by atoms with Gasteiger partial charge in [0.2, 0.25) is 11.8 Å². The number of rotatable bonds is 13. The molecule has 0 aliphatic carbocycles. The van der Waals surface area contributed by atoms with E-state index in [0.29, 0.717) is 36.9 Å². The van der Waals surface area contributed by atoms with E-state index in [1.165, 1.54) is 4.80 Å². The Hall–Kier alpha value is -6.44. The van der Waals surface area contributed by atoms with Crippen molar-refractivity contribution in [2.45, 2.75) is 51.2 Å². The number of ether oxygens (including phenoxy) is 2. The summed E-state index contributed by atoms with van der Waals surface area (Å²) in [5.41, 5.74) is 3.88. The van der Waals surface area contributed by atoms with Crippen LogP contribution < -0.4 is 20.1 Å². The number of carbonyl (C=O) groups excluding carboxylic acids is 4. The molecule has 2 N–H and O–H groups in total. The second-order valence-corrected chi connectivity index (χ2v) is 13.0. The lowest BCUT2D eigenvalue weighted by molar-refractivity contribution is -0.136. The molecule has 0 radical (unpaired) electrons. The maximum atomic E-state index is 13.1. The lowest BCUT2D eigenvalue weighted by atomic mass is 9.78. The summed E-state index contributed by atoms with van der Waals surface area (Å²) in [6.07, 6.45) is 5.67. The minimum Gasteiger partial charge on any atom is -0.494 e. The number of nitrogens with zero attached hydrogens (tertiary/aromatic N) is 6. The van der Waals surface area contributed by atoms with Gasteiger partial charge in [-0.25, -0.2) is 9.97 Å². The van der Waals surface area contributed by atoms with Crippen LogP contribution in [-0.2, 0) is 21.6 Å². The van der Waals surface area contributed by atoms with E-state index in [-0.39, 0.29) is 36.0 Å². The van der Waals surface area contributed by atoms with E-state index in [9.17, 15) is 19.2 Å². The number of carbonyl (C=O) groups is 4. The van der Waals surface area contributed by atoms with Gasteiger partial charge >= 0.3 is 0 Å². The molecule has 14 heteroatoms. The highest BCUT2D eigenvalue weighted by molar-refractivity contribution is 6.23. The molecule has 3 aromatic carbocycles. The van der Waals surface area contributed by atoms with Crippen molar-refractivity contribution in [3.63, 3.8) is 0 Å². The first-order valence-electron chi connectivity index (χ1n) is 16.9. The van der Waals surface area contributed by atoms with Gasteiger partial charge in [-0.3, -0.25) is 29.4 Å².